The molecule has 3 unspecified atom stereocenters. The molecule has 1 aliphatic heterocycles. The number of nitrogens with zero attached hydrogens (tertiary/aromatic N) is 1. The first-order chi connectivity index (χ1) is 9.23. The van der Waals surface area contributed by atoms with Crippen molar-refractivity contribution in [2.24, 2.45) is 17.1 Å². The number of aliphatic hydroxyl groups is 1. The Kier molecular flexibility index (Phi) is 4.80. The zero-order chi connectivity index (χ0) is 15.0. The minimum atomic E-state index is -0.181. The van der Waals surface area contributed by atoms with Crippen LogP contribution < -0.4 is 5.73 Å². The third-order valence-corrected chi connectivity index (χ3v) is 5.05. The van der Waals surface area contributed by atoms with Gasteiger partial charge in [-0.15, -0.1) is 0 Å². The molecule has 0 amide bonds. The van der Waals surface area contributed by atoms with E-state index >= 15 is 0 Å². The molecule has 0 aromatic rings. The molecule has 0 spiro atoms. The second-order valence-corrected chi connectivity index (χ2v) is 8.04. The molecule has 4 nitrogen and oxygen atoms in total. The number of rotatable bonds is 3. The van der Waals surface area contributed by atoms with Gasteiger partial charge in [0.2, 0.25) is 0 Å². The highest BCUT2D eigenvalue weighted by molar-refractivity contribution is 4.94. The van der Waals surface area contributed by atoms with E-state index in [0.717, 1.165) is 19.6 Å². The van der Waals surface area contributed by atoms with Crippen molar-refractivity contribution in [1.82, 2.24) is 4.90 Å². The molecular weight excluding hydrogens is 252 g/mol. The van der Waals surface area contributed by atoms with Crippen LogP contribution in [0.5, 0.6) is 0 Å². The Morgan fingerprint density at radius 3 is 2.65 bits per heavy atom. The van der Waals surface area contributed by atoms with Gasteiger partial charge >= 0.3 is 0 Å². The monoisotopic (exact) mass is 284 g/mol. The molecule has 3 N–H and O–H groups in total. The van der Waals surface area contributed by atoms with Crippen molar-refractivity contribution in [2.45, 2.75) is 64.7 Å². The fourth-order valence-electron chi connectivity index (χ4n) is 3.99. The molecule has 3 atom stereocenters. The van der Waals surface area contributed by atoms with Crippen LogP contribution in [0.25, 0.3) is 0 Å². The largest absolute Gasteiger partial charge is 0.394 e. The lowest BCUT2D eigenvalue weighted by atomic mass is 9.68. The SMILES string of the molecule is CC1(C)CN(CC2CCCC(C)(C)C2N)CC(CO)O1. The number of nitrogens with two attached hydrogens (primary N) is 1. The third kappa shape index (κ3) is 3.73. The van der Waals surface area contributed by atoms with E-state index in [2.05, 4.69) is 32.6 Å². The van der Waals surface area contributed by atoms with E-state index in [1.54, 1.807) is 0 Å². The van der Waals surface area contributed by atoms with E-state index in [-0.39, 0.29) is 29.8 Å². The fraction of sp³-hybridized carbons (Fsp3) is 1.00. The van der Waals surface area contributed by atoms with Gasteiger partial charge in [0.1, 0.15) is 0 Å². The van der Waals surface area contributed by atoms with Crippen LogP contribution >= 0.6 is 0 Å². The van der Waals surface area contributed by atoms with Gasteiger partial charge in [-0.05, 0) is 38.0 Å². The molecule has 1 heterocycles. The summed E-state index contributed by atoms with van der Waals surface area (Å²) in [5.74, 6) is 0.562. The smallest absolute Gasteiger partial charge is 0.0940 e. The molecule has 4 heteroatoms. The molecule has 2 fully saturated rings. The molecule has 118 valence electrons. The van der Waals surface area contributed by atoms with Gasteiger partial charge in [-0.1, -0.05) is 20.3 Å². The second kappa shape index (κ2) is 5.91. The molecule has 1 aliphatic carbocycles. The average Bonchev–Trinajstić information content (AvgIpc) is 2.33. The number of morpholine rings is 1. The van der Waals surface area contributed by atoms with Crippen LogP contribution in [0.3, 0.4) is 0 Å². The van der Waals surface area contributed by atoms with Crippen molar-refractivity contribution in [3.8, 4) is 0 Å². The second-order valence-electron chi connectivity index (χ2n) is 8.04. The van der Waals surface area contributed by atoms with Crippen molar-refractivity contribution in [1.29, 1.82) is 0 Å². The van der Waals surface area contributed by atoms with Crippen LogP contribution in [0.4, 0.5) is 0 Å². The van der Waals surface area contributed by atoms with Crippen LogP contribution in [0.15, 0.2) is 0 Å². The van der Waals surface area contributed by atoms with Gasteiger partial charge in [-0.3, -0.25) is 4.90 Å². The van der Waals surface area contributed by atoms with E-state index in [9.17, 15) is 5.11 Å². The molecule has 2 aliphatic rings. The summed E-state index contributed by atoms with van der Waals surface area (Å²) >= 11 is 0. The predicted molar refractivity (Wildman–Crippen MR) is 81.6 cm³/mol. The van der Waals surface area contributed by atoms with Gasteiger partial charge in [-0.2, -0.15) is 0 Å². The van der Waals surface area contributed by atoms with Crippen molar-refractivity contribution >= 4 is 0 Å². The maximum absolute atomic E-state index is 9.41. The number of hydrogen-bond acceptors (Lipinski definition) is 4. The highest BCUT2D eigenvalue weighted by Gasteiger charge is 2.39. The van der Waals surface area contributed by atoms with Gasteiger partial charge < -0.3 is 15.6 Å². The van der Waals surface area contributed by atoms with E-state index in [0.29, 0.717) is 5.92 Å². The Morgan fingerprint density at radius 1 is 1.30 bits per heavy atom. The highest BCUT2D eigenvalue weighted by Crippen LogP contribution is 2.38. The average molecular weight is 284 g/mol. The number of hydrogen-bond donors (Lipinski definition) is 2. The van der Waals surface area contributed by atoms with Crippen molar-refractivity contribution in [3.05, 3.63) is 0 Å². The number of ether oxygens (including phenoxy) is 1. The Hall–Kier alpha value is -0.160. The van der Waals surface area contributed by atoms with Crippen molar-refractivity contribution in [2.75, 3.05) is 26.2 Å². The minimum Gasteiger partial charge on any atom is -0.394 e. The lowest BCUT2D eigenvalue weighted by Gasteiger charge is -2.47. The first-order valence-electron chi connectivity index (χ1n) is 8.00. The Bertz CT molecular complexity index is 330. The summed E-state index contributed by atoms with van der Waals surface area (Å²) in [6.07, 6.45) is 3.68. The van der Waals surface area contributed by atoms with Crippen LogP contribution in [-0.4, -0.2) is 54.0 Å². The molecule has 1 saturated carbocycles. The summed E-state index contributed by atoms with van der Waals surface area (Å²) in [6.45, 7) is 11.7. The molecule has 0 radical (unpaired) electrons. The molecule has 0 bridgehead atoms. The van der Waals surface area contributed by atoms with Crippen LogP contribution in [0.1, 0.15) is 47.0 Å². The van der Waals surface area contributed by atoms with Crippen molar-refractivity contribution in [3.63, 3.8) is 0 Å². The first-order valence-corrected chi connectivity index (χ1v) is 8.00. The van der Waals surface area contributed by atoms with Gasteiger partial charge in [0.15, 0.2) is 0 Å². The predicted octanol–water partition coefficient (Wildman–Crippen LogP) is 1.61. The maximum atomic E-state index is 9.41. The minimum absolute atomic E-state index is 0.0634. The van der Waals surface area contributed by atoms with Gasteiger partial charge in [0.05, 0.1) is 18.3 Å². The lowest BCUT2D eigenvalue weighted by molar-refractivity contribution is -0.152. The first kappa shape index (κ1) is 16.2. The van der Waals surface area contributed by atoms with Crippen LogP contribution in [-0.2, 0) is 4.74 Å². The van der Waals surface area contributed by atoms with Gasteiger partial charge in [0.25, 0.3) is 0 Å². The summed E-state index contributed by atoms with van der Waals surface area (Å²) < 4.78 is 5.89. The van der Waals surface area contributed by atoms with Gasteiger partial charge in [0, 0.05) is 25.7 Å². The fourth-order valence-corrected chi connectivity index (χ4v) is 3.99. The highest BCUT2D eigenvalue weighted by atomic mass is 16.5. The lowest BCUT2D eigenvalue weighted by Crippen LogP contribution is -2.57. The Morgan fingerprint density at radius 2 is 2.00 bits per heavy atom. The number of aliphatic hydroxyl groups excluding tert-OH is 1. The molecule has 0 aromatic heterocycles. The van der Waals surface area contributed by atoms with Crippen LogP contribution in [0, 0.1) is 11.3 Å². The van der Waals surface area contributed by atoms with E-state index < -0.39 is 0 Å². The zero-order valence-corrected chi connectivity index (χ0v) is 13.6. The summed E-state index contributed by atoms with van der Waals surface area (Å²) in [4.78, 5) is 2.44. The normalized spacial score (nSPS) is 37.8. The summed E-state index contributed by atoms with van der Waals surface area (Å²) in [6, 6.07) is 0.273. The molecule has 1 saturated heterocycles. The van der Waals surface area contributed by atoms with Crippen LogP contribution in [0.2, 0.25) is 0 Å². The molecule has 0 aromatic carbocycles. The molecule has 2 rings (SSSR count). The third-order valence-electron chi connectivity index (χ3n) is 5.05. The summed E-state index contributed by atoms with van der Waals surface area (Å²) in [5, 5.41) is 9.41. The molecular formula is C16H32N2O2. The Labute approximate surface area is 123 Å². The molecule has 20 heavy (non-hydrogen) atoms. The zero-order valence-electron chi connectivity index (χ0n) is 13.6. The van der Waals surface area contributed by atoms with Gasteiger partial charge in [-0.25, -0.2) is 0 Å². The summed E-state index contributed by atoms with van der Waals surface area (Å²) in [5.41, 5.74) is 6.57. The maximum Gasteiger partial charge on any atom is 0.0940 e. The van der Waals surface area contributed by atoms with E-state index in [1.165, 1.54) is 19.3 Å². The topological polar surface area (TPSA) is 58.7 Å². The quantitative estimate of drug-likeness (QED) is 0.827. The standard InChI is InChI=1S/C16H32N2O2/c1-15(2)7-5-6-12(14(15)17)8-18-9-13(10-19)20-16(3,4)11-18/h12-14,19H,5-11,17H2,1-4H3. The summed E-state index contributed by atoms with van der Waals surface area (Å²) in [7, 11) is 0. The van der Waals surface area contributed by atoms with Crippen molar-refractivity contribution < 1.29 is 9.84 Å². The van der Waals surface area contributed by atoms with E-state index in [1.807, 2.05) is 0 Å². The Balaban J connectivity index is 1.98. The van der Waals surface area contributed by atoms with E-state index in [4.69, 9.17) is 10.5 Å².